The van der Waals surface area contributed by atoms with Gasteiger partial charge in [-0.15, -0.1) is 0 Å². The third-order valence-electron chi connectivity index (χ3n) is 2.91. The molecule has 2 rings (SSSR count). The van der Waals surface area contributed by atoms with Crippen molar-refractivity contribution in [2.75, 3.05) is 0 Å². The summed E-state index contributed by atoms with van der Waals surface area (Å²) in [6, 6.07) is 9.01. The van der Waals surface area contributed by atoms with Crippen LogP contribution in [-0.4, -0.2) is 5.78 Å². The Kier molecular flexibility index (Phi) is 3.76. The van der Waals surface area contributed by atoms with Gasteiger partial charge < -0.3 is 4.42 Å². The van der Waals surface area contributed by atoms with Gasteiger partial charge in [0.1, 0.15) is 17.5 Å². The van der Waals surface area contributed by atoms with Gasteiger partial charge in [0, 0.05) is 6.42 Å². The number of hydrogen-bond donors (Lipinski definition) is 0. The highest BCUT2D eigenvalue weighted by atomic mass is 19.1. The van der Waals surface area contributed by atoms with Crippen LogP contribution in [0.1, 0.15) is 34.5 Å². The third-order valence-corrected chi connectivity index (χ3v) is 2.91. The van der Waals surface area contributed by atoms with E-state index in [0.29, 0.717) is 23.3 Å². The van der Waals surface area contributed by atoms with Crippen LogP contribution in [0.5, 0.6) is 0 Å². The molecule has 1 aromatic carbocycles. The predicted octanol–water partition coefficient (Wildman–Crippen LogP) is 3.47. The van der Waals surface area contributed by atoms with E-state index in [9.17, 15) is 14.4 Å². The number of rotatable bonds is 4. The number of furan rings is 1. The van der Waals surface area contributed by atoms with Crippen LogP contribution >= 0.6 is 0 Å². The standard InChI is InChI=1S/C15H12FNO2/c1-2-14-12(6-7-19-14)15(18)13(9-17)10-4-3-5-11(16)8-10/h3-8,13H,2H2,1H3. The highest BCUT2D eigenvalue weighted by Gasteiger charge is 2.25. The summed E-state index contributed by atoms with van der Waals surface area (Å²) in [5.41, 5.74) is 0.745. The number of carbonyl (C=O) groups excluding carboxylic acids is 1. The zero-order valence-corrected chi connectivity index (χ0v) is 10.4. The molecular weight excluding hydrogens is 245 g/mol. The van der Waals surface area contributed by atoms with Crippen molar-refractivity contribution in [2.24, 2.45) is 0 Å². The Morgan fingerprint density at radius 2 is 2.26 bits per heavy atom. The van der Waals surface area contributed by atoms with Crippen molar-refractivity contribution in [3.05, 3.63) is 59.3 Å². The molecule has 4 heteroatoms. The smallest absolute Gasteiger partial charge is 0.187 e. The normalized spacial score (nSPS) is 11.8. The molecule has 96 valence electrons. The van der Waals surface area contributed by atoms with E-state index in [1.807, 2.05) is 13.0 Å². The monoisotopic (exact) mass is 257 g/mol. The minimum Gasteiger partial charge on any atom is -0.469 e. The fourth-order valence-corrected chi connectivity index (χ4v) is 1.96. The van der Waals surface area contributed by atoms with Crippen molar-refractivity contribution in [2.45, 2.75) is 19.3 Å². The van der Waals surface area contributed by atoms with Crippen LogP contribution in [0.15, 0.2) is 41.0 Å². The fraction of sp³-hybridized carbons (Fsp3) is 0.200. The van der Waals surface area contributed by atoms with Crippen molar-refractivity contribution >= 4 is 5.78 Å². The minimum absolute atomic E-state index is 0.357. The molecule has 19 heavy (non-hydrogen) atoms. The van der Waals surface area contributed by atoms with Crippen LogP contribution in [0.25, 0.3) is 0 Å². The number of nitriles is 1. The first-order valence-corrected chi connectivity index (χ1v) is 5.93. The van der Waals surface area contributed by atoms with Crippen molar-refractivity contribution < 1.29 is 13.6 Å². The lowest BCUT2D eigenvalue weighted by Gasteiger charge is -2.08. The Labute approximate surface area is 110 Å². The Hall–Kier alpha value is -2.41. The van der Waals surface area contributed by atoms with Crippen LogP contribution in [0, 0.1) is 17.1 Å². The fourth-order valence-electron chi connectivity index (χ4n) is 1.96. The van der Waals surface area contributed by atoms with Gasteiger partial charge in [-0.3, -0.25) is 4.79 Å². The quantitative estimate of drug-likeness (QED) is 0.788. The molecule has 2 aromatic rings. The van der Waals surface area contributed by atoms with Gasteiger partial charge in [0.05, 0.1) is 17.9 Å². The first-order chi connectivity index (χ1) is 9.17. The number of Topliss-reactive ketones (excluding diaryl/α,β-unsaturated/α-hetero) is 1. The van der Waals surface area contributed by atoms with E-state index in [0.717, 1.165) is 0 Å². The molecule has 1 unspecified atom stereocenters. The summed E-state index contributed by atoms with van der Waals surface area (Å²) in [4.78, 5) is 12.3. The van der Waals surface area contributed by atoms with Gasteiger partial charge in [0.15, 0.2) is 5.78 Å². The van der Waals surface area contributed by atoms with Gasteiger partial charge in [-0.05, 0) is 23.8 Å². The zero-order valence-electron chi connectivity index (χ0n) is 10.4. The zero-order chi connectivity index (χ0) is 13.8. The Morgan fingerprint density at radius 1 is 1.47 bits per heavy atom. The van der Waals surface area contributed by atoms with Gasteiger partial charge in [-0.1, -0.05) is 19.1 Å². The molecule has 1 atom stereocenters. The summed E-state index contributed by atoms with van der Waals surface area (Å²) in [6.07, 6.45) is 1.99. The maximum absolute atomic E-state index is 13.2. The second-order valence-electron chi connectivity index (χ2n) is 4.09. The van der Waals surface area contributed by atoms with E-state index < -0.39 is 11.7 Å². The lowest BCUT2D eigenvalue weighted by Crippen LogP contribution is -2.12. The molecule has 0 N–H and O–H groups in total. The van der Waals surface area contributed by atoms with Gasteiger partial charge in [-0.25, -0.2) is 4.39 Å². The lowest BCUT2D eigenvalue weighted by molar-refractivity contribution is 0.0977. The molecule has 0 aliphatic rings. The molecule has 0 bridgehead atoms. The number of nitrogens with zero attached hydrogens (tertiary/aromatic N) is 1. The summed E-state index contributed by atoms with van der Waals surface area (Å²) < 4.78 is 18.4. The van der Waals surface area contributed by atoms with E-state index in [-0.39, 0.29) is 5.78 Å². The van der Waals surface area contributed by atoms with E-state index in [2.05, 4.69) is 0 Å². The molecule has 0 aliphatic carbocycles. The average Bonchev–Trinajstić information content (AvgIpc) is 2.87. The largest absolute Gasteiger partial charge is 0.469 e. The average molecular weight is 257 g/mol. The first-order valence-electron chi connectivity index (χ1n) is 5.93. The summed E-state index contributed by atoms with van der Waals surface area (Å²) in [6.45, 7) is 1.86. The maximum atomic E-state index is 13.2. The summed E-state index contributed by atoms with van der Waals surface area (Å²) in [5.74, 6) is -1.30. The van der Waals surface area contributed by atoms with E-state index in [1.54, 1.807) is 12.1 Å². The van der Waals surface area contributed by atoms with Crippen molar-refractivity contribution in [1.82, 2.24) is 0 Å². The van der Waals surface area contributed by atoms with E-state index in [4.69, 9.17) is 4.42 Å². The van der Waals surface area contributed by atoms with Gasteiger partial charge in [-0.2, -0.15) is 5.26 Å². The number of hydrogen-bond acceptors (Lipinski definition) is 3. The molecule has 0 saturated heterocycles. The number of benzene rings is 1. The molecule has 0 aliphatic heterocycles. The summed E-state index contributed by atoms with van der Waals surface area (Å²) in [7, 11) is 0. The van der Waals surface area contributed by atoms with Crippen LogP contribution in [0.4, 0.5) is 4.39 Å². The van der Waals surface area contributed by atoms with Gasteiger partial charge in [0.25, 0.3) is 0 Å². The lowest BCUT2D eigenvalue weighted by atomic mass is 9.91. The molecule has 3 nitrogen and oxygen atoms in total. The SMILES string of the molecule is CCc1occc1C(=O)C(C#N)c1cccc(F)c1. The predicted molar refractivity (Wildman–Crippen MR) is 67.2 cm³/mol. The molecule has 0 radical (unpaired) electrons. The van der Waals surface area contributed by atoms with Crippen LogP contribution in [0.3, 0.4) is 0 Å². The highest BCUT2D eigenvalue weighted by Crippen LogP contribution is 2.24. The molecule has 1 aromatic heterocycles. The van der Waals surface area contributed by atoms with Crippen molar-refractivity contribution in [3.63, 3.8) is 0 Å². The van der Waals surface area contributed by atoms with Crippen LogP contribution < -0.4 is 0 Å². The summed E-state index contributed by atoms with van der Waals surface area (Å²) >= 11 is 0. The molecular formula is C15H12FNO2. The van der Waals surface area contributed by atoms with E-state index in [1.165, 1.54) is 24.5 Å². The van der Waals surface area contributed by atoms with Gasteiger partial charge >= 0.3 is 0 Å². The second kappa shape index (κ2) is 5.49. The molecule has 1 heterocycles. The number of aryl methyl sites for hydroxylation is 1. The van der Waals surface area contributed by atoms with Gasteiger partial charge in [0.2, 0.25) is 0 Å². The molecule has 0 spiro atoms. The molecule has 0 saturated carbocycles. The first kappa shape index (κ1) is 13.0. The Balaban J connectivity index is 2.38. The molecule has 0 amide bonds. The summed E-state index contributed by atoms with van der Waals surface area (Å²) in [5, 5.41) is 9.18. The number of ketones is 1. The van der Waals surface area contributed by atoms with Crippen molar-refractivity contribution in [1.29, 1.82) is 5.26 Å². The van der Waals surface area contributed by atoms with Crippen LogP contribution in [-0.2, 0) is 6.42 Å². The van der Waals surface area contributed by atoms with Crippen LogP contribution in [0.2, 0.25) is 0 Å². The highest BCUT2D eigenvalue weighted by molar-refractivity contribution is 6.03. The Bertz CT molecular complexity index is 640. The topological polar surface area (TPSA) is 54.0 Å². The van der Waals surface area contributed by atoms with E-state index >= 15 is 0 Å². The third kappa shape index (κ3) is 2.55. The number of halogens is 1. The molecule has 0 fully saturated rings. The minimum atomic E-state index is -1.02. The van der Waals surface area contributed by atoms with Crippen molar-refractivity contribution in [3.8, 4) is 6.07 Å². The Morgan fingerprint density at radius 3 is 2.89 bits per heavy atom. The second-order valence-corrected chi connectivity index (χ2v) is 4.09. The number of carbonyl (C=O) groups is 1. The maximum Gasteiger partial charge on any atom is 0.187 e.